The maximum Gasteiger partial charge on any atom is 0.110 e. The predicted octanol–water partition coefficient (Wildman–Crippen LogP) is 5.06. The second kappa shape index (κ2) is 4.86. The van der Waals surface area contributed by atoms with E-state index < -0.39 is 0 Å². The first kappa shape index (κ1) is 15.5. The van der Waals surface area contributed by atoms with Crippen molar-refractivity contribution in [2.75, 3.05) is 0 Å². The Morgan fingerprint density at radius 1 is 1.21 bits per heavy atom. The summed E-state index contributed by atoms with van der Waals surface area (Å²) in [5, 5.41) is 1.33. The first-order valence-corrected chi connectivity index (χ1v) is 8.80. The average Bonchev–Trinajstić information content (AvgIpc) is 2.52. The molecule has 2 heteroatoms. The van der Waals surface area contributed by atoms with Gasteiger partial charge in [-0.3, -0.25) is 0 Å². The summed E-state index contributed by atoms with van der Waals surface area (Å²) < 4.78 is 0. The number of hydrogen-bond acceptors (Lipinski definition) is 1. The number of rotatable bonds is 0. The van der Waals surface area contributed by atoms with E-state index in [1.165, 1.54) is 25.7 Å². The molecule has 0 nitrogen and oxygen atoms in total. The maximum absolute atomic E-state index is 2.61. The van der Waals surface area contributed by atoms with E-state index in [1.807, 2.05) is 0 Å². The van der Waals surface area contributed by atoms with Crippen LogP contribution in [0.25, 0.3) is 0 Å². The second-order valence-electron chi connectivity index (χ2n) is 9.01. The van der Waals surface area contributed by atoms with Crippen molar-refractivity contribution < 1.29 is 0 Å². The Balaban J connectivity index is 2.18. The van der Waals surface area contributed by atoms with Crippen LogP contribution in [-0.2, 0) is 0 Å². The fourth-order valence-electron chi connectivity index (χ4n) is 3.44. The molecule has 1 aliphatic carbocycles. The number of thioether (sulfide) groups is 1. The van der Waals surface area contributed by atoms with Gasteiger partial charge in [-0.1, -0.05) is 65.8 Å². The molecule has 3 atom stereocenters. The fraction of sp³-hybridized carbons (Fsp3) is 0.882. The Morgan fingerprint density at radius 2 is 1.84 bits per heavy atom. The van der Waals surface area contributed by atoms with Crippen molar-refractivity contribution in [1.29, 1.82) is 0 Å². The van der Waals surface area contributed by atoms with Crippen molar-refractivity contribution in [2.24, 2.45) is 16.7 Å². The first-order valence-electron chi connectivity index (χ1n) is 7.92. The SMILES string of the molecule is BC1(C(C)(C)C)CCCC2C=C(C(C)(C)C)SC2C1. The standard InChI is InChI=1S/C17H31BS/c1-15(2,3)14-10-12-8-7-9-17(18,16(4,5)6)11-13(12)19-14/h10,12-13H,7-9,11,18H2,1-6H3. The molecule has 1 fully saturated rings. The molecule has 0 aromatic heterocycles. The van der Waals surface area contributed by atoms with E-state index in [0.29, 0.717) is 16.1 Å². The summed E-state index contributed by atoms with van der Waals surface area (Å²) in [7, 11) is 2.53. The molecule has 19 heavy (non-hydrogen) atoms. The first-order chi connectivity index (χ1) is 8.53. The van der Waals surface area contributed by atoms with Crippen LogP contribution in [0.5, 0.6) is 0 Å². The van der Waals surface area contributed by atoms with Crippen molar-refractivity contribution in [3.63, 3.8) is 0 Å². The van der Waals surface area contributed by atoms with Crippen LogP contribution >= 0.6 is 11.8 Å². The summed E-state index contributed by atoms with van der Waals surface area (Å²) in [6.45, 7) is 14.4. The van der Waals surface area contributed by atoms with Crippen molar-refractivity contribution >= 4 is 19.6 Å². The van der Waals surface area contributed by atoms with E-state index in [-0.39, 0.29) is 0 Å². The van der Waals surface area contributed by atoms with Gasteiger partial charge in [0.25, 0.3) is 0 Å². The zero-order chi connectivity index (χ0) is 14.5. The Kier molecular flexibility index (Phi) is 3.98. The zero-order valence-electron chi connectivity index (χ0n) is 14.0. The molecule has 1 heterocycles. The lowest BCUT2D eigenvalue weighted by Gasteiger charge is -2.43. The van der Waals surface area contributed by atoms with Gasteiger partial charge in [0.15, 0.2) is 0 Å². The van der Waals surface area contributed by atoms with E-state index in [4.69, 9.17) is 0 Å². The molecule has 1 aliphatic heterocycles. The Labute approximate surface area is 125 Å². The van der Waals surface area contributed by atoms with Gasteiger partial charge < -0.3 is 0 Å². The van der Waals surface area contributed by atoms with Crippen LogP contribution in [0.15, 0.2) is 11.0 Å². The summed E-state index contributed by atoms with van der Waals surface area (Å²) in [5.74, 6) is 0.836. The Bertz CT molecular complexity index is 372. The fourth-order valence-corrected chi connectivity index (χ4v) is 5.21. The summed E-state index contributed by atoms with van der Waals surface area (Å²) in [6.07, 6.45) is 8.22. The van der Waals surface area contributed by atoms with Gasteiger partial charge in [-0.2, -0.15) is 0 Å². The van der Waals surface area contributed by atoms with Crippen LogP contribution in [0.1, 0.15) is 67.2 Å². The lowest BCUT2D eigenvalue weighted by molar-refractivity contribution is 0.237. The predicted molar refractivity (Wildman–Crippen MR) is 91.6 cm³/mol. The average molecular weight is 278 g/mol. The van der Waals surface area contributed by atoms with Crippen molar-refractivity contribution in [3.8, 4) is 0 Å². The molecule has 2 rings (SSSR count). The maximum atomic E-state index is 2.61. The molecule has 0 N–H and O–H groups in total. The molecule has 0 radical (unpaired) electrons. The van der Waals surface area contributed by atoms with Gasteiger partial charge in [0.2, 0.25) is 0 Å². The summed E-state index contributed by atoms with van der Waals surface area (Å²) in [4.78, 5) is 1.64. The highest BCUT2D eigenvalue weighted by Gasteiger charge is 2.44. The summed E-state index contributed by atoms with van der Waals surface area (Å²) in [5.41, 5.74) is 0.766. The number of hydrogen-bond donors (Lipinski definition) is 0. The third-order valence-corrected chi connectivity index (χ3v) is 7.41. The molecule has 0 amide bonds. The van der Waals surface area contributed by atoms with Crippen molar-refractivity contribution in [2.45, 2.75) is 77.8 Å². The lowest BCUT2D eigenvalue weighted by atomic mass is 9.51. The molecule has 1 saturated carbocycles. The topological polar surface area (TPSA) is 0 Å². The third kappa shape index (κ3) is 3.09. The van der Waals surface area contributed by atoms with Gasteiger partial charge in [0.1, 0.15) is 7.85 Å². The van der Waals surface area contributed by atoms with Gasteiger partial charge in [0.05, 0.1) is 0 Å². The van der Waals surface area contributed by atoms with Crippen LogP contribution < -0.4 is 0 Å². The van der Waals surface area contributed by atoms with Crippen molar-refractivity contribution in [1.82, 2.24) is 0 Å². The molecule has 108 valence electrons. The smallest absolute Gasteiger partial charge is 0.110 e. The molecule has 0 spiro atoms. The largest absolute Gasteiger partial charge is 0.126 e. The molecule has 0 bridgehead atoms. The normalized spacial score (nSPS) is 36.6. The van der Waals surface area contributed by atoms with Gasteiger partial charge >= 0.3 is 0 Å². The second-order valence-corrected chi connectivity index (χ2v) is 10.3. The van der Waals surface area contributed by atoms with Crippen LogP contribution in [-0.4, -0.2) is 13.1 Å². The molecule has 0 aromatic carbocycles. The van der Waals surface area contributed by atoms with Crippen LogP contribution in [0, 0.1) is 16.7 Å². The van der Waals surface area contributed by atoms with Gasteiger partial charge in [-0.05, 0) is 34.5 Å². The van der Waals surface area contributed by atoms with Gasteiger partial charge in [-0.25, -0.2) is 0 Å². The van der Waals surface area contributed by atoms with E-state index in [9.17, 15) is 0 Å². The van der Waals surface area contributed by atoms with E-state index in [1.54, 1.807) is 4.91 Å². The van der Waals surface area contributed by atoms with Crippen LogP contribution in [0.3, 0.4) is 0 Å². The molecule has 3 unspecified atom stereocenters. The number of fused-ring (bicyclic) bond motifs is 1. The van der Waals surface area contributed by atoms with E-state index in [2.05, 4.69) is 67.2 Å². The third-order valence-electron chi connectivity index (χ3n) is 5.59. The van der Waals surface area contributed by atoms with E-state index >= 15 is 0 Å². The highest BCUT2D eigenvalue weighted by molar-refractivity contribution is 8.04. The minimum absolute atomic E-state index is 0.342. The van der Waals surface area contributed by atoms with Crippen molar-refractivity contribution in [3.05, 3.63) is 11.0 Å². The quantitative estimate of drug-likeness (QED) is 0.558. The van der Waals surface area contributed by atoms with E-state index in [0.717, 1.165) is 11.2 Å². The Hall–Kier alpha value is 0.155. The highest BCUT2D eigenvalue weighted by atomic mass is 32.2. The highest BCUT2D eigenvalue weighted by Crippen LogP contribution is 2.59. The zero-order valence-corrected chi connectivity index (χ0v) is 14.8. The number of allylic oxidation sites excluding steroid dienone is 2. The monoisotopic (exact) mass is 278 g/mol. The summed E-state index contributed by atoms with van der Waals surface area (Å²) >= 11 is 2.19. The molecular weight excluding hydrogens is 247 g/mol. The molecule has 0 aromatic rings. The molecular formula is C17H31BS. The molecule has 2 aliphatic rings. The van der Waals surface area contributed by atoms with Crippen LogP contribution in [0.4, 0.5) is 0 Å². The molecule has 0 saturated heterocycles. The minimum atomic E-state index is 0.342. The minimum Gasteiger partial charge on any atom is -0.126 e. The van der Waals surface area contributed by atoms with Crippen LogP contribution in [0.2, 0.25) is 5.31 Å². The lowest BCUT2D eigenvalue weighted by Crippen LogP contribution is -2.31. The van der Waals surface area contributed by atoms with Gasteiger partial charge in [-0.15, -0.1) is 11.8 Å². The van der Waals surface area contributed by atoms with Gasteiger partial charge in [0, 0.05) is 5.25 Å². The Morgan fingerprint density at radius 3 is 2.37 bits per heavy atom. The summed E-state index contributed by atoms with van der Waals surface area (Å²) in [6, 6.07) is 0.